The molecule has 2 aromatic carbocycles. The molecule has 8 nitrogen and oxygen atoms in total. The molecule has 0 aliphatic heterocycles. The van der Waals surface area contributed by atoms with Crippen LogP contribution in [0.3, 0.4) is 0 Å². The summed E-state index contributed by atoms with van der Waals surface area (Å²) in [5.41, 5.74) is -0.537. The van der Waals surface area contributed by atoms with E-state index in [2.05, 4.69) is 5.32 Å². The van der Waals surface area contributed by atoms with Crippen LogP contribution < -0.4 is 16.6 Å². The molecule has 28 heavy (non-hydrogen) atoms. The Hall–Kier alpha value is -3.20. The number of anilines is 1. The normalized spacial score (nSPS) is 11.5. The standard InChI is InChI=1S/C19H19N3O5S/c1-3-21-18(24)13-8-4-6-10-15(13)22(19(21)25)12-17(23)20-14-9-5-7-11-16(14)28(2,26)27/h4-11H,3,12H2,1-2H3,(H,20,23). The minimum Gasteiger partial charge on any atom is -0.323 e. The van der Waals surface area contributed by atoms with E-state index in [4.69, 9.17) is 0 Å². The van der Waals surface area contributed by atoms with Gasteiger partial charge in [-0.1, -0.05) is 24.3 Å². The highest BCUT2D eigenvalue weighted by Gasteiger charge is 2.17. The van der Waals surface area contributed by atoms with Crippen LogP contribution in [-0.2, 0) is 27.7 Å². The van der Waals surface area contributed by atoms with Gasteiger partial charge in [0.05, 0.1) is 21.5 Å². The number of carbonyl (C=O) groups is 1. The van der Waals surface area contributed by atoms with Gasteiger partial charge in [0, 0.05) is 12.8 Å². The number of benzene rings is 2. The van der Waals surface area contributed by atoms with Gasteiger partial charge < -0.3 is 5.32 Å². The van der Waals surface area contributed by atoms with Gasteiger partial charge in [0.15, 0.2) is 9.84 Å². The highest BCUT2D eigenvalue weighted by molar-refractivity contribution is 7.90. The molecule has 0 aliphatic rings. The molecule has 0 radical (unpaired) electrons. The van der Waals surface area contributed by atoms with Gasteiger partial charge in [-0.25, -0.2) is 13.2 Å². The number of fused-ring (bicyclic) bond motifs is 1. The van der Waals surface area contributed by atoms with Crippen LogP contribution in [0.2, 0.25) is 0 Å². The van der Waals surface area contributed by atoms with Gasteiger partial charge in [0.1, 0.15) is 6.54 Å². The van der Waals surface area contributed by atoms with E-state index in [-0.39, 0.29) is 23.7 Å². The van der Waals surface area contributed by atoms with E-state index < -0.39 is 27.0 Å². The molecule has 0 aliphatic carbocycles. The fourth-order valence-electron chi connectivity index (χ4n) is 3.03. The Morgan fingerprint density at radius 1 is 1.00 bits per heavy atom. The second-order valence-electron chi connectivity index (χ2n) is 6.25. The summed E-state index contributed by atoms with van der Waals surface area (Å²) in [7, 11) is -3.54. The number of nitrogens with zero attached hydrogens (tertiary/aromatic N) is 2. The quantitative estimate of drug-likeness (QED) is 0.692. The van der Waals surface area contributed by atoms with Crippen LogP contribution in [0.1, 0.15) is 6.92 Å². The first-order valence-corrected chi connectivity index (χ1v) is 10.4. The van der Waals surface area contributed by atoms with Crippen molar-refractivity contribution in [1.29, 1.82) is 0 Å². The van der Waals surface area contributed by atoms with Crippen LogP contribution in [0.15, 0.2) is 63.0 Å². The Labute approximate surface area is 161 Å². The number of hydrogen-bond donors (Lipinski definition) is 1. The summed E-state index contributed by atoms with van der Waals surface area (Å²) >= 11 is 0. The van der Waals surface area contributed by atoms with Crippen LogP contribution in [0.25, 0.3) is 10.9 Å². The molecule has 9 heteroatoms. The number of sulfone groups is 1. The Bertz CT molecular complexity index is 1290. The maximum atomic E-state index is 12.7. The van der Waals surface area contributed by atoms with E-state index in [1.807, 2.05) is 0 Å². The predicted octanol–water partition coefficient (Wildman–Crippen LogP) is 1.23. The van der Waals surface area contributed by atoms with E-state index in [0.717, 1.165) is 10.8 Å². The second-order valence-corrected chi connectivity index (χ2v) is 8.24. The third-order valence-corrected chi connectivity index (χ3v) is 5.47. The van der Waals surface area contributed by atoms with Gasteiger partial charge in [-0.3, -0.25) is 18.7 Å². The lowest BCUT2D eigenvalue weighted by molar-refractivity contribution is -0.116. The molecule has 3 aromatic rings. The Kier molecular flexibility index (Phi) is 5.19. The average Bonchev–Trinajstić information content (AvgIpc) is 2.65. The third-order valence-electron chi connectivity index (χ3n) is 4.31. The van der Waals surface area contributed by atoms with Gasteiger partial charge in [-0.05, 0) is 31.2 Å². The first-order chi connectivity index (χ1) is 13.2. The maximum absolute atomic E-state index is 12.7. The van der Waals surface area contributed by atoms with Crippen molar-refractivity contribution >= 4 is 32.3 Å². The SMILES string of the molecule is CCn1c(=O)c2ccccc2n(CC(=O)Nc2ccccc2S(C)(=O)=O)c1=O. The second kappa shape index (κ2) is 7.43. The molecular weight excluding hydrogens is 382 g/mol. The zero-order valence-corrected chi connectivity index (χ0v) is 16.2. The number of aromatic nitrogens is 2. The summed E-state index contributed by atoms with van der Waals surface area (Å²) in [5, 5.41) is 2.87. The summed E-state index contributed by atoms with van der Waals surface area (Å²) < 4.78 is 26.1. The van der Waals surface area contributed by atoms with Crippen molar-refractivity contribution in [1.82, 2.24) is 9.13 Å². The molecule has 0 saturated carbocycles. The number of para-hydroxylation sites is 2. The maximum Gasteiger partial charge on any atom is 0.331 e. The molecule has 0 atom stereocenters. The van der Waals surface area contributed by atoms with Crippen LogP contribution >= 0.6 is 0 Å². The number of amides is 1. The summed E-state index contributed by atoms with van der Waals surface area (Å²) in [6, 6.07) is 12.6. The molecule has 0 saturated heterocycles. The van der Waals surface area contributed by atoms with Crippen molar-refractivity contribution in [2.75, 3.05) is 11.6 Å². The van der Waals surface area contributed by atoms with Crippen molar-refractivity contribution < 1.29 is 13.2 Å². The molecular formula is C19H19N3O5S. The van der Waals surface area contributed by atoms with E-state index >= 15 is 0 Å². The number of rotatable bonds is 5. The topological polar surface area (TPSA) is 107 Å². The van der Waals surface area contributed by atoms with Gasteiger partial charge in [0.2, 0.25) is 5.91 Å². The van der Waals surface area contributed by atoms with E-state index in [1.54, 1.807) is 43.3 Å². The molecule has 1 heterocycles. The van der Waals surface area contributed by atoms with Gasteiger partial charge in [-0.2, -0.15) is 0 Å². The van der Waals surface area contributed by atoms with Crippen LogP contribution in [0.5, 0.6) is 0 Å². The molecule has 1 N–H and O–H groups in total. The zero-order chi connectivity index (χ0) is 20.5. The van der Waals surface area contributed by atoms with Crippen molar-refractivity contribution in [3.8, 4) is 0 Å². The van der Waals surface area contributed by atoms with Crippen LogP contribution in [-0.4, -0.2) is 29.7 Å². The first kappa shape index (κ1) is 19.6. The monoisotopic (exact) mass is 401 g/mol. The van der Waals surface area contributed by atoms with Crippen molar-refractivity contribution in [2.45, 2.75) is 24.9 Å². The van der Waals surface area contributed by atoms with Crippen LogP contribution in [0.4, 0.5) is 5.69 Å². The molecule has 1 amide bonds. The fourth-order valence-corrected chi connectivity index (χ4v) is 3.87. The van der Waals surface area contributed by atoms with Crippen molar-refractivity contribution in [3.05, 3.63) is 69.4 Å². The predicted molar refractivity (Wildman–Crippen MR) is 106 cm³/mol. The molecule has 1 aromatic heterocycles. The summed E-state index contributed by atoms with van der Waals surface area (Å²) in [6.07, 6.45) is 1.05. The Morgan fingerprint density at radius 2 is 1.64 bits per heavy atom. The largest absolute Gasteiger partial charge is 0.331 e. The molecule has 0 bridgehead atoms. The average molecular weight is 401 g/mol. The first-order valence-electron chi connectivity index (χ1n) is 8.55. The van der Waals surface area contributed by atoms with E-state index in [1.165, 1.54) is 16.7 Å². The smallest absolute Gasteiger partial charge is 0.323 e. The zero-order valence-electron chi connectivity index (χ0n) is 15.4. The number of hydrogen-bond acceptors (Lipinski definition) is 5. The Balaban J connectivity index is 2.04. The number of carbonyl (C=O) groups excluding carboxylic acids is 1. The molecule has 3 rings (SSSR count). The minimum atomic E-state index is -3.54. The molecule has 146 valence electrons. The molecule has 0 fully saturated rings. The lowest BCUT2D eigenvalue weighted by Gasteiger charge is -2.14. The van der Waals surface area contributed by atoms with Gasteiger partial charge in [-0.15, -0.1) is 0 Å². The molecule has 0 spiro atoms. The lowest BCUT2D eigenvalue weighted by atomic mass is 10.2. The lowest BCUT2D eigenvalue weighted by Crippen LogP contribution is -2.41. The van der Waals surface area contributed by atoms with E-state index in [0.29, 0.717) is 10.9 Å². The Morgan fingerprint density at radius 3 is 2.32 bits per heavy atom. The third kappa shape index (κ3) is 3.61. The van der Waals surface area contributed by atoms with Gasteiger partial charge in [0.25, 0.3) is 5.56 Å². The number of nitrogens with one attached hydrogen (secondary N) is 1. The summed E-state index contributed by atoms with van der Waals surface area (Å²) in [6.45, 7) is 1.48. The minimum absolute atomic E-state index is 0.0147. The summed E-state index contributed by atoms with van der Waals surface area (Å²) in [5.74, 6) is -0.579. The van der Waals surface area contributed by atoms with Crippen molar-refractivity contribution in [3.63, 3.8) is 0 Å². The van der Waals surface area contributed by atoms with Gasteiger partial charge >= 0.3 is 5.69 Å². The van der Waals surface area contributed by atoms with Crippen molar-refractivity contribution in [2.24, 2.45) is 0 Å². The summed E-state index contributed by atoms with van der Waals surface area (Å²) in [4.78, 5) is 37.7. The highest BCUT2D eigenvalue weighted by Crippen LogP contribution is 2.20. The molecule has 0 unspecified atom stereocenters. The fraction of sp³-hybridized carbons (Fsp3) is 0.211. The highest BCUT2D eigenvalue weighted by atomic mass is 32.2. The van der Waals surface area contributed by atoms with E-state index in [9.17, 15) is 22.8 Å². The van der Waals surface area contributed by atoms with Crippen LogP contribution in [0, 0.1) is 0 Å².